The Balaban J connectivity index is 1.41. The van der Waals surface area contributed by atoms with Gasteiger partial charge in [-0.25, -0.2) is 9.59 Å². The van der Waals surface area contributed by atoms with Crippen LogP contribution >= 0.6 is 0 Å². The standard InChI is InChI=1S/C31H30O13/c1-2-3-6-18(33)15-42-31(38)27-14-21(36)29-23(8-5-10-25(29)44-27)41-17-19(34)16-40-22-7-4-9-24-28(22)20(35)13-26(43-24)30(37)39-12-11-32/h4-5,7-10,13-14,19,32,34H,2-3,6,11-12,15-17H2,1H3. The molecule has 0 amide bonds. The van der Waals surface area contributed by atoms with Crippen molar-refractivity contribution in [1.82, 2.24) is 0 Å². The molecule has 1 unspecified atom stereocenters. The lowest BCUT2D eigenvalue weighted by Crippen LogP contribution is -2.25. The van der Waals surface area contributed by atoms with Crippen molar-refractivity contribution in [1.29, 1.82) is 0 Å². The van der Waals surface area contributed by atoms with Gasteiger partial charge in [-0.05, 0) is 30.7 Å². The highest BCUT2D eigenvalue weighted by Crippen LogP contribution is 2.25. The Bertz CT molecular complexity index is 1770. The average molecular weight is 611 g/mol. The van der Waals surface area contributed by atoms with Crippen LogP contribution < -0.4 is 20.3 Å². The van der Waals surface area contributed by atoms with Crippen molar-refractivity contribution in [3.63, 3.8) is 0 Å². The van der Waals surface area contributed by atoms with E-state index >= 15 is 0 Å². The lowest BCUT2D eigenvalue weighted by molar-refractivity contribution is -0.122. The second kappa shape index (κ2) is 14.9. The number of carbonyl (C=O) groups is 3. The normalized spacial score (nSPS) is 11.7. The lowest BCUT2D eigenvalue weighted by atomic mass is 10.2. The Hall–Kier alpha value is -5.01. The highest BCUT2D eigenvalue weighted by molar-refractivity contribution is 5.92. The van der Waals surface area contributed by atoms with Gasteiger partial charge in [-0.15, -0.1) is 0 Å². The first-order valence-corrected chi connectivity index (χ1v) is 13.8. The molecule has 232 valence electrons. The minimum absolute atomic E-state index is 0.0242. The number of hydrogen-bond acceptors (Lipinski definition) is 13. The van der Waals surface area contributed by atoms with Gasteiger partial charge in [-0.3, -0.25) is 14.4 Å². The Morgan fingerprint density at radius 1 is 0.818 bits per heavy atom. The van der Waals surface area contributed by atoms with Crippen LogP contribution in [0, 0.1) is 0 Å². The number of aliphatic hydroxyl groups is 2. The van der Waals surface area contributed by atoms with Crippen molar-refractivity contribution in [2.75, 3.05) is 33.0 Å². The first kappa shape index (κ1) is 31.9. The summed E-state index contributed by atoms with van der Waals surface area (Å²) >= 11 is 0. The van der Waals surface area contributed by atoms with Gasteiger partial charge in [0, 0.05) is 18.6 Å². The third-order valence-corrected chi connectivity index (χ3v) is 6.20. The number of rotatable bonds is 15. The van der Waals surface area contributed by atoms with Gasteiger partial charge < -0.3 is 38.0 Å². The zero-order chi connectivity index (χ0) is 31.6. The summed E-state index contributed by atoms with van der Waals surface area (Å²) in [6, 6.07) is 10.8. The van der Waals surface area contributed by atoms with Gasteiger partial charge in [0.25, 0.3) is 0 Å². The molecule has 0 radical (unpaired) electrons. The number of ether oxygens (including phenoxy) is 4. The second-order valence-corrected chi connectivity index (χ2v) is 9.56. The second-order valence-electron chi connectivity index (χ2n) is 9.56. The number of esters is 2. The summed E-state index contributed by atoms with van der Waals surface area (Å²) in [5, 5.41) is 19.4. The van der Waals surface area contributed by atoms with E-state index in [0.29, 0.717) is 6.42 Å². The maximum absolute atomic E-state index is 12.9. The predicted octanol–water partition coefficient (Wildman–Crippen LogP) is 2.78. The molecule has 0 saturated carbocycles. The topological polar surface area (TPSA) is 189 Å². The fraction of sp³-hybridized carbons (Fsp3) is 0.323. The van der Waals surface area contributed by atoms with Gasteiger partial charge in [0.05, 0.1) is 6.61 Å². The van der Waals surface area contributed by atoms with Crippen LogP contribution in [0.3, 0.4) is 0 Å². The minimum atomic E-state index is -1.22. The van der Waals surface area contributed by atoms with E-state index in [1.807, 2.05) is 6.92 Å². The van der Waals surface area contributed by atoms with E-state index in [9.17, 15) is 29.1 Å². The highest BCUT2D eigenvalue weighted by atomic mass is 16.6. The molecule has 2 aromatic carbocycles. The number of unbranched alkanes of at least 4 members (excludes halogenated alkanes) is 1. The molecule has 4 rings (SSSR count). The molecule has 13 nitrogen and oxygen atoms in total. The average Bonchev–Trinajstić information content (AvgIpc) is 3.02. The van der Waals surface area contributed by atoms with Crippen LogP contribution in [-0.2, 0) is 14.3 Å². The Labute approximate surface area is 249 Å². The third-order valence-electron chi connectivity index (χ3n) is 6.20. The molecule has 0 aliphatic heterocycles. The zero-order valence-electron chi connectivity index (χ0n) is 23.7. The summed E-state index contributed by atoms with van der Waals surface area (Å²) in [5.74, 6) is -2.65. The summed E-state index contributed by atoms with van der Waals surface area (Å²) < 4.78 is 32.0. The minimum Gasteiger partial charge on any atom is -0.490 e. The third kappa shape index (κ3) is 7.88. The number of hydrogen-bond donors (Lipinski definition) is 2. The largest absolute Gasteiger partial charge is 0.490 e. The van der Waals surface area contributed by atoms with Crippen LogP contribution in [0.15, 0.2) is 67.0 Å². The molecule has 2 N–H and O–H groups in total. The predicted molar refractivity (Wildman–Crippen MR) is 154 cm³/mol. The van der Waals surface area contributed by atoms with Crippen LogP contribution in [0.25, 0.3) is 21.9 Å². The number of aliphatic hydroxyl groups excluding tert-OH is 2. The maximum Gasteiger partial charge on any atom is 0.374 e. The smallest absolute Gasteiger partial charge is 0.374 e. The monoisotopic (exact) mass is 610 g/mol. The van der Waals surface area contributed by atoms with Gasteiger partial charge in [0.2, 0.25) is 11.5 Å². The zero-order valence-corrected chi connectivity index (χ0v) is 23.7. The molecule has 0 saturated heterocycles. The molecule has 1 atom stereocenters. The molecule has 0 spiro atoms. The molecule has 0 aliphatic carbocycles. The van der Waals surface area contributed by atoms with Crippen LogP contribution in [0.2, 0.25) is 0 Å². The molecule has 2 aromatic heterocycles. The number of Topliss-reactive ketones (excluding diaryl/α,β-unsaturated/α-hetero) is 1. The molecule has 4 aromatic rings. The first-order chi connectivity index (χ1) is 21.2. The van der Waals surface area contributed by atoms with Crippen LogP contribution in [-0.4, -0.2) is 67.1 Å². The van der Waals surface area contributed by atoms with E-state index in [2.05, 4.69) is 0 Å². The van der Waals surface area contributed by atoms with Gasteiger partial charge >= 0.3 is 11.9 Å². The molecule has 0 fully saturated rings. The molecular formula is C31H30O13. The van der Waals surface area contributed by atoms with Gasteiger partial charge in [-0.1, -0.05) is 25.5 Å². The fourth-order valence-electron chi connectivity index (χ4n) is 4.09. The Morgan fingerprint density at radius 3 is 1.84 bits per heavy atom. The number of ketones is 1. The molecule has 44 heavy (non-hydrogen) atoms. The van der Waals surface area contributed by atoms with E-state index in [1.54, 1.807) is 0 Å². The molecule has 13 heteroatoms. The number of fused-ring (bicyclic) bond motifs is 2. The molecule has 0 bridgehead atoms. The van der Waals surface area contributed by atoms with Gasteiger partial charge in [0.15, 0.2) is 16.6 Å². The lowest BCUT2D eigenvalue weighted by Gasteiger charge is -2.15. The number of benzene rings is 2. The Kier molecular flexibility index (Phi) is 10.8. The Morgan fingerprint density at radius 2 is 1.34 bits per heavy atom. The highest BCUT2D eigenvalue weighted by Gasteiger charge is 2.19. The van der Waals surface area contributed by atoms with E-state index in [4.69, 9.17) is 32.9 Å². The summed E-state index contributed by atoms with van der Waals surface area (Å²) in [6.45, 7) is 0.236. The van der Waals surface area contributed by atoms with Crippen LogP contribution in [0.1, 0.15) is 47.3 Å². The SMILES string of the molecule is CCCCC(=O)COC(=O)c1cc(=O)c2c(OCC(O)COc3cccc4oc(C(=O)OCCO)cc(=O)c34)cccc2o1. The van der Waals surface area contributed by atoms with E-state index in [1.165, 1.54) is 36.4 Å². The van der Waals surface area contributed by atoms with E-state index in [0.717, 1.165) is 18.6 Å². The summed E-state index contributed by atoms with van der Waals surface area (Å²) in [5.41, 5.74) is -1.10. The quantitative estimate of drug-likeness (QED) is 0.187. The van der Waals surface area contributed by atoms with Crippen molar-refractivity contribution in [2.45, 2.75) is 32.3 Å². The van der Waals surface area contributed by atoms with Crippen molar-refractivity contribution in [3.05, 3.63) is 80.5 Å². The van der Waals surface area contributed by atoms with Crippen molar-refractivity contribution >= 4 is 39.7 Å². The van der Waals surface area contributed by atoms with Crippen molar-refractivity contribution < 1.29 is 52.4 Å². The fourth-order valence-corrected chi connectivity index (χ4v) is 4.09. The van der Waals surface area contributed by atoms with E-state index in [-0.39, 0.29) is 83.6 Å². The summed E-state index contributed by atoms with van der Waals surface area (Å²) in [7, 11) is 0. The van der Waals surface area contributed by atoms with Crippen LogP contribution in [0.5, 0.6) is 11.5 Å². The number of carbonyl (C=O) groups excluding carboxylic acids is 3. The molecule has 2 heterocycles. The molecular weight excluding hydrogens is 580 g/mol. The summed E-state index contributed by atoms with van der Waals surface area (Å²) in [4.78, 5) is 61.7. The molecule has 0 aliphatic rings. The van der Waals surface area contributed by atoms with Crippen molar-refractivity contribution in [3.8, 4) is 11.5 Å². The van der Waals surface area contributed by atoms with Crippen molar-refractivity contribution in [2.24, 2.45) is 0 Å². The first-order valence-electron chi connectivity index (χ1n) is 13.8. The van der Waals surface area contributed by atoms with Gasteiger partial charge in [-0.2, -0.15) is 0 Å². The summed E-state index contributed by atoms with van der Waals surface area (Å²) in [6.07, 6.45) is 0.573. The maximum atomic E-state index is 12.9. The van der Waals surface area contributed by atoms with Crippen LogP contribution in [0.4, 0.5) is 0 Å². The van der Waals surface area contributed by atoms with E-state index < -0.39 is 35.5 Å². The van der Waals surface area contributed by atoms with Gasteiger partial charge in [0.1, 0.15) is 66.0 Å².